The molecule has 1 atom stereocenters. The van der Waals surface area contributed by atoms with Crippen LogP contribution in [-0.4, -0.2) is 58.5 Å². The molecule has 214 valence electrons. The molecule has 0 radical (unpaired) electrons. The summed E-state index contributed by atoms with van der Waals surface area (Å²) < 4.78 is 39.2. The Hall–Kier alpha value is -3.76. The molecule has 0 unspecified atom stereocenters. The van der Waals surface area contributed by atoms with Crippen LogP contribution in [0.4, 0.5) is 5.69 Å². The standard InChI is InChI=1S/C29H34ClN3O6S/c1-5-17-31-29(35)21(2)32(19-22-7-6-8-26(18-22)39-4)28(34)20-33(24-11-9-23(30)10-12-24)40(36,37)27-15-13-25(38-3)14-16-27/h6-16,18,21H,5,17,19-20H2,1-4H3,(H,31,35)/t21-/m1/s1. The van der Waals surface area contributed by atoms with Gasteiger partial charge in [-0.2, -0.15) is 0 Å². The molecule has 0 aliphatic carbocycles. The van der Waals surface area contributed by atoms with E-state index in [9.17, 15) is 18.0 Å². The molecule has 0 heterocycles. The quantitative estimate of drug-likeness (QED) is 0.316. The van der Waals surface area contributed by atoms with E-state index < -0.39 is 28.5 Å². The second-order valence-corrected chi connectivity index (χ2v) is 11.3. The zero-order valence-electron chi connectivity index (χ0n) is 23.0. The van der Waals surface area contributed by atoms with Crippen molar-refractivity contribution in [2.45, 2.75) is 37.8 Å². The first-order valence-electron chi connectivity index (χ1n) is 12.7. The first-order valence-corrected chi connectivity index (χ1v) is 14.5. The number of carbonyl (C=O) groups is 2. The minimum absolute atomic E-state index is 0.0240. The van der Waals surface area contributed by atoms with Crippen LogP contribution in [-0.2, 0) is 26.2 Å². The molecule has 0 saturated heterocycles. The van der Waals surface area contributed by atoms with Gasteiger partial charge in [0.1, 0.15) is 24.1 Å². The molecule has 0 spiro atoms. The smallest absolute Gasteiger partial charge is 0.264 e. The number of halogens is 1. The topological polar surface area (TPSA) is 105 Å². The lowest BCUT2D eigenvalue weighted by Crippen LogP contribution is -2.51. The second kappa shape index (κ2) is 14.0. The molecule has 0 bridgehead atoms. The number of benzene rings is 3. The Morgan fingerprint density at radius 1 is 0.950 bits per heavy atom. The van der Waals surface area contributed by atoms with Crippen molar-refractivity contribution in [3.8, 4) is 11.5 Å². The maximum atomic E-state index is 13.9. The average Bonchev–Trinajstić information content (AvgIpc) is 2.97. The Balaban J connectivity index is 2.02. The molecule has 2 amide bonds. The SMILES string of the molecule is CCCNC(=O)[C@@H](C)N(Cc1cccc(OC)c1)C(=O)CN(c1ccc(Cl)cc1)S(=O)(=O)c1ccc(OC)cc1. The van der Waals surface area contributed by atoms with Crippen molar-refractivity contribution in [1.29, 1.82) is 0 Å². The lowest BCUT2D eigenvalue weighted by atomic mass is 10.1. The number of rotatable bonds is 13. The number of anilines is 1. The van der Waals surface area contributed by atoms with Crippen LogP contribution in [0.1, 0.15) is 25.8 Å². The summed E-state index contributed by atoms with van der Waals surface area (Å²) >= 11 is 6.06. The first kappa shape index (κ1) is 30.8. The molecule has 40 heavy (non-hydrogen) atoms. The molecule has 1 N–H and O–H groups in total. The lowest BCUT2D eigenvalue weighted by Gasteiger charge is -2.32. The minimum atomic E-state index is -4.20. The van der Waals surface area contributed by atoms with Crippen LogP contribution in [0.15, 0.2) is 77.7 Å². The van der Waals surface area contributed by atoms with Gasteiger partial charge in [-0.15, -0.1) is 0 Å². The zero-order valence-corrected chi connectivity index (χ0v) is 24.5. The van der Waals surface area contributed by atoms with Crippen LogP contribution >= 0.6 is 11.6 Å². The van der Waals surface area contributed by atoms with E-state index in [4.69, 9.17) is 21.1 Å². The number of nitrogens with one attached hydrogen (secondary N) is 1. The van der Waals surface area contributed by atoms with Crippen LogP contribution < -0.4 is 19.1 Å². The van der Waals surface area contributed by atoms with E-state index >= 15 is 0 Å². The summed E-state index contributed by atoms with van der Waals surface area (Å²) in [6.45, 7) is 3.51. The summed E-state index contributed by atoms with van der Waals surface area (Å²) in [6.07, 6.45) is 0.729. The van der Waals surface area contributed by atoms with E-state index in [2.05, 4.69) is 5.32 Å². The van der Waals surface area contributed by atoms with Gasteiger partial charge < -0.3 is 19.7 Å². The van der Waals surface area contributed by atoms with Crippen LogP contribution in [0.25, 0.3) is 0 Å². The fourth-order valence-electron chi connectivity index (χ4n) is 3.96. The molecule has 0 saturated carbocycles. The van der Waals surface area contributed by atoms with Gasteiger partial charge in [-0.1, -0.05) is 30.7 Å². The van der Waals surface area contributed by atoms with Gasteiger partial charge in [0, 0.05) is 18.1 Å². The Bertz CT molecular complexity index is 1400. The third-order valence-electron chi connectivity index (χ3n) is 6.24. The van der Waals surface area contributed by atoms with E-state index in [-0.39, 0.29) is 23.0 Å². The second-order valence-electron chi connectivity index (χ2n) is 9.00. The normalized spacial score (nSPS) is 11.8. The minimum Gasteiger partial charge on any atom is -0.497 e. The third kappa shape index (κ3) is 7.67. The summed E-state index contributed by atoms with van der Waals surface area (Å²) in [5.74, 6) is 0.186. The number of nitrogens with zero attached hydrogens (tertiary/aromatic N) is 2. The Labute approximate surface area is 240 Å². The van der Waals surface area contributed by atoms with Crippen molar-refractivity contribution in [1.82, 2.24) is 10.2 Å². The van der Waals surface area contributed by atoms with Gasteiger partial charge in [-0.25, -0.2) is 8.42 Å². The zero-order chi connectivity index (χ0) is 29.3. The summed E-state index contributed by atoms with van der Waals surface area (Å²) in [6, 6.07) is 18.3. The molecule has 0 aromatic heterocycles. The van der Waals surface area contributed by atoms with Gasteiger partial charge in [-0.3, -0.25) is 13.9 Å². The van der Waals surface area contributed by atoms with Crippen molar-refractivity contribution in [3.63, 3.8) is 0 Å². The lowest BCUT2D eigenvalue weighted by molar-refractivity contribution is -0.139. The van der Waals surface area contributed by atoms with E-state index in [0.717, 1.165) is 16.3 Å². The van der Waals surface area contributed by atoms with E-state index in [1.165, 1.54) is 55.5 Å². The van der Waals surface area contributed by atoms with Crippen LogP contribution in [0.5, 0.6) is 11.5 Å². The van der Waals surface area contributed by atoms with Crippen LogP contribution in [0.2, 0.25) is 5.02 Å². The molecule has 3 aromatic rings. The molecule has 0 aliphatic heterocycles. The van der Waals surface area contributed by atoms with Gasteiger partial charge in [-0.05, 0) is 79.6 Å². The number of ether oxygens (including phenoxy) is 2. The Morgan fingerprint density at radius 3 is 2.20 bits per heavy atom. The molecular formula is C29H34ClN3O6S. The number of sulfonamides is 1. The van der Waals surface area contributed by atoms with Gasteiger partial charge in [0.15, 0.2) is 0 Å². The molecule has 0 fully saturated rings. The van der Waals surface area contributed by atoms with Crippen molar-refractivity contribution >= 4 is 39.1 Å². The monoisotopic (exact) mass is 587 g/mol. The highest BCUT2D eigenvalue weighted by molar-refractivity contribution is 7.92. The number of hydrogen-bond donors (Lipinski definition) is 1. The number of amides is 2. The van der Waals surface area contributed by atoms with Gasteiger partial charge in [0.05, 0.1) is 24.8 Å². The van der Waals surface area contributed by atoms with E-state index in [1.54, 1.807) is 37.3 Å². The number of methoxy groups -OCH3 is 2. The van der Waals surface area contributed by atoms with Crippen LogP contribution in [0.3, 0.4) is 0 Å². The first-order chi connectivity index (χ1) is 19.1. The molecule has 11 heteroatoms. The van der Waals surface area contributed by atoms with Crippen molar-refractivity contribution < 1.29 is 27.5 Å². The maximum Gasteiger partial charge on any atom is 0.264 e. The highest BCUT2D eigenvalue weighted by Gasteiger charge is 2.32. The highest BCUT2D eigenvalue weighted by Crippen LogP contribution is 2.27. The summed E-state index contributed by atoms with van der Waals surface area (Å²) in [7, 11) is -1.18. The van der Waals surface area contributed by atoms with Gasteiger partial charge in [0.2, 0.25) is 11.8 Å². The summed E-state index contributed by atoms with van der Waals surface area (Å²) in [5.41, 5.74) is 0.969. The molecule has 3 rings (SSSR count). The summed E-state index contributed by atoms with van der Waals surface area (Å²) in [5, 5.41) is 3.23. The maximum absolute atomic E-state index is 13.9. The molecule has 9 nitrogen and oxygen atoms in total. The predicted molar refractivity (Wildman–Crippen MR) is 155 cm³/mol. The largest absolute Gasteiger partial charge is 0.497 e. The average molecular weight is 588 g/mol. The Kier molecular flexibility index (Phi) is 10.8. The predicted octanol–water partition coefficient (Wildman–Crippen LogP) is 4.50. The van der Waals surface area contributed by atoms with Crippen molar-refractivity contribution in [3.05, 3.63) is 83.4 Å². The van der Waals surface area contributed by atoms with E-state index in [0.29, 0.717) is 23.1 Å². The molecular weight excluding hydrogens is 554 g/mol. The van der Waals surface area contributed by atoms with Gasteiger partial charge >= 0.3 is 0 Å². The number of hydrogen-bond acceptors (Lipinski definition) is 6. The van der Waals surface area contributed by atoms with E-state index in [1.807, 2.05) is 13.0 Å². The third-order valence-corrected chi connectivity index (χ3v) is 8.28. The fraction of sp³-hybridized carbons (Fsp3) is 0.310. The van der Waals surface area contributed by atoms with Gasteiger partial charge in [0.25, 0.3) is 10.0 Å². The molecule has 3 aromatic carbocycles. The van der Waals surface area contributed by atoms with Crippen molar-refractivity contribution in [2.75, 3.05) is 31.6 Å². The highest BCUT2D eigenvalue weighted by atomic mass is 35.5. The summed E-state index contributed by atoms with van der Waals surface area (Å²) in [4.78, 5) is 28.2. The molecule has 0 aliphatic rings. The van der Waals surface area contributed by atoms with Crippen molar-refractivity contribution in [2.24, 2.45) is 0 Å². The number of carbonyl (C=O) groups excluding carboxylic acids is 2. The van der Waals surface area contributed by atoms with Crippen LogP contribution in [0, 0.1) is 0 Å². The fourth-order valence-corrected chi connectivity index (χ4v) is 5.50. The Morgan fingerprint density at radius 2 is 1.60 bits per heavy atom.